The summed E-state index contributed by atoms with van der Waals surface area (Å²) < 4.78 is 11.8. The minimum atomic E-state index is -1.17. The number of likely N-dealkylation sites (tertiary alicyclic amines) is 1. The zero-order valence-corrected chi connectivity index (χ0v) is 17.3. The number of piperidine rings is 1. The van der Waals surface area contributed by atoms with Gasteiger partial charge in [0.2, 0.25) is 0 Å². The summed E-state index contributed by atoms with van der Waals surface area (Å²) in [5.41, 5.74) is 2.08. The highest BCUT2D eigenvalue weighted by molar-refractivity contribution is 5.82. The number of amides is 1. The molecule has 0 saturated carbocycles. The van der Waals surface area contributed by atoms with Crippen molar-refractivity contribution in [3.05, 3.63) is 77.9 Å². The van der Waals surface area contributed by atoms with Gasteiger partial charge in [0.25, 0.3) is 0 Å². The topological polar surface area (TPSA) is 82.1 Å². The van der Waals surface area contributed by atoms with Gasteiger partial charge in [-0.25, -0.2) is 0 Å². The minimum Gasteiger partial charge on any atom is -0.530 e. The molecule has 162 valence electrons. The lowest BCUT2D eigenvalue weighted by molar-refractivity contribution is -0.268. The van der Waals surface area contributed by atoms with E-state index in [9.17, 15) is 9.90 Å². The number of carbonyl (C=O) groups excluding carboxylic acids is 1. The summed E-state index contributed by atoms with van der Waals surface area (Å²) in [7, 11) is 0. The van der Waals surface area contributed by atoms with Crippen LogP contribution >= 0.6 is 0 Å². The van der Waals surface area contributed by atoms with Crippen LogP contribution in [0.2, 0.25) is 0 Å². The number of fused-ring (bicyclic) bond motifs is 1. The molecule has 1 heterocycles. The molecule has 0 aromatic heterocycles. The smallest absolute Gasteiger partial charge is 0.137 e. The zero-order valence-electron chi connectivity index (χ0n) is 17.3. The average molecular weight is 420 g/mol. The van der Waals surface area contributed by atoms with Gasteiger partial charge in [0, 0.05) is 19.0 Å². The molecule has 6 heteroatoms. The maximum Gasteiger partial charge on any atom is 0.137 e. The Balaban J connectivity index is 1.52. The van der Waals surface area contributed by atoms with Crippen LogP contribution in [0.3, 0.4) is 0 Å². The monoisotopic (exact) mass is 420 g/mol. The van der Waals surface area contributed by atoms with Crippen molar-refractivity contribution in [2.75, 3.05) is 26.3 Å². The molecule has 0 spiro atoms. The molecule has 31 heavy (non-hydrogen) atoms. The van der Waals surface area contributed by atoms with Gasteiger partial charge in [0.15, 0.2) is 0 Å². The van der Waals surface area contributed by atoms with Crippen molar-refractivity contribution in [1.82, 2.24) is 4.90 Å². The lowest BCUT2D eigenvalue weighted by Crippen LogP contribution is -2.51. The largest absolute Gasteiger partial charge is 0.530 e. The van der Waals surface area contributed by atoms with Gasteiger partial charge in [-0.2, -0.15) is 0 Å². The minimum absolute atomic E-state index is 0.0359. The number of hydrogen-bond acceptors (Lipinski definition) is 5. The Kier molecular flexibility index (Phi) is 6.70. The fraction of sp³-hybridized carbons (Fsp3) is 0.320. The van der Waals surface area contributed by atoms with Crippen LogP contribution in [0.25, 0.3) is 10.8 Å². The number of carbonyl (C=O) groups is 1. The third kappa shape index (κ3) is 5.16. The molecule has 2 unspecified atom stereocenters. The zero-order chi connectivity index (χ0) is 21.6. The molecule has 3 aromatic rings. The van der Waals surface area contributed by atoms with Crippen LogP contribution in [0.15, 0.2) is 66.7 Å². The molecule has 6 nitrogen and oxygen atoms in total. The van der Waals surface area contributed by atoms with Crippen LogP contribution in [0.4, 0.5) is 4.79 Å². The first-order valence-corrected chi connectivity index (χ1v) is 10.5. The van der Waals surface area contributed by atoms with E-state index < -0.39 is 6.09 Å². The second-order valence-electron chi connectivity index (χ2n) is 7.78. The third-order valence-electron chi connectivity index (χ3n) is 5.74. The van der Waals surface area contributed by atoms with Crippen molar-refractivity contribution in [3.8, 4) is 5.75 Å². The molecule has 0 radical (unpaired) electrons. The van der Waals surface area contributed by atoms with Crippen LogP contribution in [0, 0.1) is 0 Å². The third-order valence-corrected chi connectivity index (χ3v) is 5.74. The van der Waals surface area contributed by atoms with E-state index in [1.165, 1.54) is 10.3 Å². The molecule has 1 fully saturated rings. The Morgan fingerprint density at radius 2 is 1.90 bits per heavy atom. The van der Waals surface area contributed by atoms with Crippen molar-refractivity contribution >= 4 is 16.9 Å². The van der Waals surface area contributed by atoms with E-state index in [-0.39, 0.29) is 31.8 Å². The number of nitrogens with zero attached hydrogens (tertiary/aromatic N) is 1. The van der Waals surface area contributed by atoms with Crippen LogP contribution in [-0.2, 0) is 11.3 Å². The van der Waals surface area contributed by atoms with E-state index in [2.05, 4.69) is 24.3 Å². The first-order valence-electron chi connectivity index (χ1n) is 10.5. The van der Waals surface area contributed by atoms with E-state index in [0.29, 0.717) is 25.3 Å². The number of benzene rings is 3. The lowest BCUT2D eigenvalue weighted by Gasteiger charge is -2.40. The highest BCUT2D eigenvalue weighted by Gasteiger charge is 2.31. The average Bonchev–Trinajstić information content (AvgIpc) is 2.81. The van der Waals surface area contributed by atoms with E-state index in [1.807, 2.05) is 42.5 Å². The van der Waals surface area contributed by atoms with E-state index in [1.54, 1.807) is 0 Å². The SMILES string of the molecule is O=C([O-])N1CCC(c2cccc(OCCO)c2)C(OCc2ccc3ccccc3c2)C1. The summed E-state index contributed by atoms with van der Waals surface area (Å²) in [4.78, 5) is 12.8. The molecule has 3 aromatic carbocycles. The fourth-order valence-corrected chi connectivity index (χ4v) is 4.16. The summed E-state index contributed by atoms with van der Waals surface area (Å²) in [6.45, 7) is 1.25. The Bertz CT molecular complexity index is 1040. The second-order valence-corrected chi connectivity index (χ2v) is 7.78. The molecule has 1 N–H and O–H groups in total. The Hall–Kier alpha value is -3.09. The highest BCUT2D eigenvalue weighted by Crippen LogP contribution is 2.33. The predicted octanol–water partition coefficient (Wildman–Crippen LogP) is 2.93. The standard InChI is InChI=1S/C25H27NO5/c27-12-13-30-22-7-3-6-21(15-22)23-10-11-26(25(28)29)16-24(23)31-17-18-8-9-19-4-1-2-5-20(19)14-18/h1-9,14-15,23-24,27H,10-13,16-17H2,(H,28,29)/p-1. The van der Waals surface area contributed by atoms with Crippen molar-refractivity contribution in [1.29, 1.82) is 0 Å². The molecule has 4 rings (SSSR count). The molecule has 1 aliphatic rings. The number of rotatable bonds is 7. The number of carboxylic acid groups (broad SMARTS) is 1. The van der Waals surface area contributed by atoms with Gasteiger partial charge in [0.1, 0.15) is 18.4 Å². The number of aliphatic hydroxyl groups is 1. The van der Waals surface area contributed by atoms with Crippen molar-refractivity contribution < 1.29 is 24.5 Å². The molecule has 1 aliphatic heterocycles. The Morgan fingerprint density at radius 1 is 1.06 bits per heavy atom. The molecular weight excluding hydrogens is 394 g/mol. The summed E-state index contributed by atoms with van der Waals surface area (Å²) in [5.74, 6) is 0.718. The summed E-state index contributed by atoms with van der Waals surface area (Å²) in [6.07, 6.45) is -0.830. The van der Waals surface area contributed by atoms with Gasteiger partial charge in [-0.15, -0.1) is 0 Å². The van der Waals surface area contributed by atoms with E-state index >= 15 is 0 Å². The van der Waals surface area contributed by atoms with E-state index in [0.717, 1.165) is 16.5 Å². The maximum absolute atomic E-state index is 11.5. The molecule has 1 saturated heterocycles. The maximum atomic E-state index is 11.5. The summed E-state index contributed by atoms with van der Waals surface area (Å²) in [5, 5.41) is 22.8. The van der Waals surface area contributed by atoms with Gasteiger partial charge in [-0.05, 0) is 46.5 Å². The molecular formula is C25H26NO5-. The normalized spacial score (nSPS) is 18.8. The van der Waals surface area contributed by atoms with Crippen molar-refractivity contribution in [2.24, 2.45) is 0 Å². The lowest BCUT2D eigenvalue weighted by atomic mass is 9.87. The van der Waals surface area contributed by atoms with Crippen LogP contribution in [0.1, 0.15) is 23.5 Å². The molecule has 2 atom stereocenters. The van der Waals surface area contributed by atoms with E-state index in [4.69, 9.17) is 14.6 Å². The summed E-state index contributed by atoms with van der Waals surface area (Å²) >= 11 is 0. The Labute approximate surface area is 181 Å². The fourth-order valence-electron chi connectivity index (χ4n) is 4.16. The van der Waals surface area contributed by atoms with Gasteiger partial charge < -0.3 is 29.4 Å². The summed E-state index contributed by atoms with van der Waals surface area (Å²) in [6, 6.07) is 22.1. The number of aliphatic hydroxyl groups excluding tert-OH is 1. The first-order chi connectivity index (χ1) is 15.1. The molecule has 1 amide bonds. The number of hydrogen-bond donors (Lipinski definition) is 1. The van der Waals surface area contributed by atoms with Crippen molar-refractivity contribution in [2.45, 2.75) is 25.0 Å². The van der Waals surface area contributed by atoms with Gasteiger partial charge in [-0.3, -0.25) is 0 Å². The molecule has 0 aliphatic carbocycles. The predicted molar refractivity (Wildman–Crippen MR) is 116 cm³/mol. The van der Waals surface area contributed by atoms with Crippen LogP contribution in [0.5, 0.6) is 5.75 Å². The van der Waals surface area contributed by atoms with Gasteiger partial charge >= 0.3 is 0 Å². The van der Waals surface area contributed by atoms with Crippen LogP contribution in [-0.4, -0.2) is 48.5 Å². The number of ether oxygens (including phenoxy) is 2. The molecule has 0 bridgehead atoms. The second kappa shape index (κ2) is 9.81. The quantitative estimate of drug-likeness (QED) is 0.636. The van der Waals surface area contributed by atoms with Gasteiger partial charge in [0.05, 0.1) is 19.3 Å². The van der Waals surface area contributed by atoms with Gasteiger partial charge in [-0.1, -0.05) is 48.5 Å². The van der Waals surface area contributed by atoms with Crippen LogP contribution < -0.4 is 9.84 Å². The Morgan fingerprint density at radius 3 is 2.71 bits per heavy atom. The van der Waals surface area contributed by atoms with Crippen molar-refractivity contribution in [3.63, 3.8) is 0 Å². The first kappa shape index (κ1) is 21.2. The highest BCUT2D eigenvalue weighted by atomic mass is 16.5.